The smallest absolute Gasteiger partial charge is 0.313 e. The Kier molecular flexibility index (Phi) is 6.65. The van der Waals surface area contributed by atoms with E-state index in [0.717, 1.165) is 50.5 Å². The Labute approximate surface area is 232 Å². The third-order valence-electron chi connectivity index (χ3n) is 14.0. The van der Waals surface area contributed by atoms with E-state index in [-0.39, 0.29) is 46.5 Å². The van der Waals surface area contributed by atoms with Gasteiger partial charge in [-0.25, -0.2) is 0 Å². The Morgan fingerprint density at radius 3 is 2.10 bits per heavy atom. The summed E-state index contributed by atoms with van der Waals surface area (Å²) in [5.74, 6) is -1.57. The van der Waals surface area contributed by atoms with Crippen LogP contribution in [-0.2, 0) is 19.1 Å². The number of carboxylic acid groups (broad SMARTS) is 2. The first-order chi connectivity index (χ1) is 18.1. The predicted molar refractivity (Wildman–Crippen MR) is 146 cm³/mol. The van der Waals surface area contributed by atoms with Crippen LogP contribution in [0.3, 0.4) is 0 Å². The number of aliphatic carboxylic acids is 2. The van der Waals surface area contributed by atoms with Crippen LogP contribution >= 0.6 is 0 Å². The Bertz CT molecular complexity index is 1080. The summed E-state index contributed by atoms with van der Waals surface area (Å²) < 4.78 is 5.65. The Morgan fingerprint density at radius 2 is 1.51 bits per heavy atom. The molecule has 3 N–H and O–H groups in total. The lowest BCUT2D eigenvalue weighted by molar-refractivity contribution is -0.253. The first-order valence-corrected chi connectivity index (χ1v) is 15.1. The molecule has 0 spiro atoms. The van der Waals surface area contributed by atoms with Gasteiger partial charge >= 0.3 is 17.9 Å². The van der Waals surface area contributed by atoms with Gasteiger partial charge in [-0.2, -0.15) is 0 Å². The van der Waals surface area contributed by atoms with E-state index in [1.54, 1.807) is 6.92 Å². The molecule has 0 aromatic rings. The maximum absolute atomic E-state index is 12.9. The van der Waals surface area contributed by atoms with E-state index in [2.05, 4.69) is 27.4 Å². The van der Waals surface area contributed by atoms with Crippen molar-refractivity contribution >= 4 is 17.9 Å². The lowest BCUT2D eigenvalue weighted by atomic mass is 9.32. The van der Waals surface area contributed by atoms with Crippen molar-refractivity contribution in [1.82, 2.24) is 0 Å². The van der Waals surface area contributed by atoms with Gasteiger partial charge in [0.1, 0.15) is 11.5 Å². The van der Waals surface area contributed by atoms with Crippen molar-refractivity contribution in [3.63, 3.8) is 0 Å². The standard InChI is InChI=1S/C32H48O7/c1-18(17-33)20-9-14-32(27(37)38)16-15-29(4)21(25(20)32)7-8-22-28(3)12-11-24(39-19(2)34)31(6,26(35)36)23(28)10-13-30(22,29)5/h20-25,33H,1,7-17H2,2-6H3,(H,35,36)(H,37,38)/t20-,21+,22+,23+,24+,25+,28+,29+,30+,31-,32-/m0/s1. The third-order valence-corrected chi connectivity index (χ3v) is 14.0. The minimum absolute atomic E-state index is 0.0253. The van der Waals surface area contributed by atoms with Crippen LogP contribution in [0.15, 0.2) is 12.2 Å². The van der Waals surface area contributed by atoms with Gasteiger partial charge in [0, 0.05) is 6.92 Å². The molecule has 0 amide bonds. The molecule has 11 atom stereocenters. The molecular formula is C32H48O7. The molecule has 0 aromatic carbocycles. The van der Waals surface area contributed by atoms with E-state index in [1.165, 1.54) is 6.92 Å². The molecule has 0 aromatic heterocycles. The number of esters is 1. The second-order valence-electron chi connectivity index (χ2n) is 14.8. The third kappa shape index (κ3) is 3.53. The molecule has 0 bridgehead atoms. The summed E-state index contributed by atoms with van der Waals surface area (Å²) in [6.45, 7) is 14.4. The Balaban J connectivity index is 1.55. The van der Waals surface area contributed by atoms with Gasteiger partial charge < -0.3 is 20.1 Å². The lowest BCUT2D eigenvalue weighted by Gasteiger charge is -2.72. The van der Waals surface area contributed by atoms with E-state index in [0.29, 0.717) is 25.2 Å². The van der Waals surface area contributed by atoms with Crippen LogP contribution in [0.5, 0.6) is 0 Å². The van der Waals surface area contributed by atoms with Crippen molar-refractivity contribution in [3.05, 3.63) is 12.2 Å². The lowest BCUT2D eigenvalue weighted by Crippen LogP contribution is -2.68. The van der Waals surface area contributed by atoms with Gasteiger partial charge in [-0.05, 0) is 123 Å². The molecule has 5 saturated carbocycles. The minimum atomic E-state index is -1.14. The molecule has 0 unspecified atom stereocenters. The zero-order chi connectivity index (χ0) is 28.8. The second-order valence-corrected chi connectivity index (χ2v) is 14.8. The van der Waals surface area contributed by atoms with Crippen molar-refractivity contribution in [1.29, 1.82) is 0 Å². The summed E-state index contributed by atoms with van der Waals surface area (Å²) in [4.78, 5) is 37.6. The average molecular weight is 545 g/mol. The van der Waals surface area contributed by atoms with Gasteiger partial charge in [-0.15, -0.1) is 0 Å². The summed E-state index contributed by atoms with van der Waals surface area (Å²) in [5, 5.41) is 31.1. The van der Waals surface area contributed by atoms with E-state index in [1.807, 2.05) is 0 Å². The molecule has 218 valence electrons. The van der Waals surface area contributed by atoms with Crippen molar-refractivity contribution in [3.8, 4) is 0 Å². The number of fused-ring (bicyclic) bond motifs is 7. The zero-order valence-corrected chi connectivity index (χ0v) is 24.4. The summed E-state index contributed by atoms with van der Waals surface area (Å²) in [5.41, 5.74) is -1.47. The quantitative estimate of drug-likeness (QED) is 0.300. The Morgan fingerprint density at radius 1 is 0.821 bits per heavy atom. The monoisotopic (exact) mass is 544 g/mol. The van der Waals surface area contributed by atoms with Crippen LogP contribution in [0, 0.1) is 56.7 Å². The van der Waals surface area contributed by atoms with Crippen molar-refractivity contribution in [2.24, 2.45) is 56.7 Å². The summed E-state index contributed by atoms with van der Waals surface area (Å²) >= 11 is 0. The number of carbonyl (C=O) groups is 3. The normalized spacial score (nSPS) is 50.5. The van der Waals surface area contributed by atoms with Crippen LogP contribution in [-0.4, -0.2) is 45.9 Å². The number of carbonyl (C=O) groups excluding carboxylic acids is 1. The highest BCUT2D eigenvalue weighted by atomic mass is 16.5. The van der Waals surface area contributed by atoms with Gasteiger partial charge in [0.05, 0.1) is 12.0 Å². The number of hydrogen-bond acceptors (Lipinski definition) is 5. The highest BCUT2D eigenvalue weighted by Crippen LogP contribution is 2.77. The van der Waals surface area contributed by atoms with Crippen molar-refractivity contribution < 1.29 is 34.4 Å². The fourth-order valence-electron chi connectivity index (χ4n) is 11.9. The van der Waals surface area contributed by atoms with E-state index >= 15 is 0 Å². The fourth-order valence-corrected chi connectivity index (χ4v) is 11.9. The number of rotatable bonds is 5. The van der Waals surface area contributed by atoms with Crippen LogP contribution in [0.4, 0.5) is 0 Å². The molecule has 7 nitrogen and oxygen atoms in total. The van der Waals surface area contributed by atoms with E-state index in [4.69, 9.17) is 4.74 Å². The van der Waals surface area contributed by atoms with Gasteiger partial charge in [0.2, 0.25) is 0 Å². The van der Waals surface area contributed by atoms with Crippen molar-refractivity contribution in [2.75, 3.05) is 6.61 Å². The summed E-state index contributed by atoms with van der Waals surface area (Å²) in [6.07, 6.45) is 7.20. The van der Waals surface area contributed by atoms with Crippen LogP contribution < -0.4 is 0 Å². The molecule has 5 rings (SSSR count). The molecule has 0 aliphatic heterocycles. The van der Waals surface area contributed by atoms with Crippen molar-refractivity contribution in [2.45, 2.75) is 105 Å². The van der Waals surface area contributed by atoms with E-state index < -0.39 is 34.8 Å². The molecule has 0 heterocycles. The molecule has 7 heteroatoms. The van der Waals surface area contributed by atoms with Crippen LogP contribution in [0.2, 0.25) is 0 Å². The number of aliphatic hydroxyl groups is 1. The SMILES string of the molecule is C=C(CO)[C@@H]1CC[C@]2(C(=O)O)CC[C@]3(C)[C@H](CC[C@@H]4[C@@]5(C)CC[C@@H](OC(C)=O)[C@@](C)(C(=O)O)[C@@H]5CC[C@]43C)[C@@H]12. The molecule has 5 aliphatic carbocycles. The first kappa shape index (κ1) is 28.6. The largest absolute Gasteiger partial charge is 0.481 e. The molecule has 5 fully saturated rings. The summed E-state index contributed by atoms with van der Waals surface area (Å²) in [6, 6.07) is 0. The first-order valence-electron chi connectivity index (χ1n) is 15.1. The van der Waals surface area contributed by atoms with E-state index in [9.17, 15) is 29.7 Å². The molecular weight excluding hydrogens is 496 g/mol. The van der Waals surface area contributed by atoms with Crippen LogP contribution in [0.1, 0.15) is 98.8 Å². The van der Waals surface area contributed by atoms with Crippen LogP contribution in [0.25, 0.3) is 0 Å². The number of ether oxygens (including phenoxy) is 1. The Hall–Kier alpha value is -1.89. The number of hydrogen-bond donors (Lipinski definition) is 3. The second kappa shape index (κ2) is 9.06. The number of carboxylic acids is 2. The summed E-state index contributed by atoms with van der Waals surface area (Å²) in [7, 11) is 0. The maximum atomic E-state index is 12.9. The van der Waals surface area contributed by atoms with Gasteiger partial charge in [0.25, 0.3) is 0 Å². The minimum Gasteiger partial charge on any atom is -0.481 e. The molecule has 39 heavy (non-hydrogen) atoms. The topological polar surface area (TPSA) is 121 Å². The van der Waals surface area contributed by atoms with Gasteiger partial charge in [-0.1, -0.05) is 27.4 Å². The highest BCUT2D eigenvalue weighted by Gasteiger charge is 2.73. The predicted octanol–water partition coefficient (Wildman–Crippen LogP) is 5.70. The van der Waals surface area contributed by atoms with Gasteiger partial charge in [0.15, 0.2) is 0 Å². The molecule has 5 aliphatic rings. The molecule has 0 radical (unpaired) electrons. The number of aliphatic hydroxyl groups excluding tert-OH is 1. The molecule has 0 saturated heterocycles. The van der Waals surface area contributed by atoms with Gasteiger partial charge in [-0.3, -0.25) is 14.4 Å². The zero-order valence-electron chi connectivity index (χ0n) is 24.4. The highest BCUT2D eigenvalue weighted by molar-refractivity contribution is 5.77. The fraction of sp³-hybridized carbons (Fsp3) is 0.844. The maximum Gasteiger partial charge on any atom is 0.313 e. The average Bonchev–Trinajstić information content (AvgIpc) is 3.26.